The van der Waals surface area contributed by atoms with Crippen LogP contribution in [-0.4, -0.2) is 21.9 Å². The zero-order valence-electron chi connectivity index (χ0n) is 16.4. The SMILES string of the molecule is Cc1nc(NC2CCCC2)cc(C(=O)Nc2ccc(Oc3ccccc3)cc2)n1. The number of carbonyl (C=O) groups is 1. The molecule has 148 valence electrons. The van der Waals surface area contributed by atoms with Gasteiger partial charge in [0.2, 0.25) is 0 Å². The topological polar surface area (TPSA) is 76.1 Å². The van der Waals surface area contributed by atoms with E-state index in [1.54, 1.807) is 13.0 Å². The Morgan fingerprint density at radius 1 is 0.966 bits per heavy atom. The maximum Gasteiger partial charge on any atom is 0.274 e. The summed E-state index contributed by atoms with van der Waals surface area (Å²) < 4.78 is 5.78. The molecular formula is C23H24N4O2. The smallest absolute Gasteiger partial charge is 0.274 e. The van der Waals surface area contributed by atoms with Crippen LogP contribution in [0.15, 0.2) is 60.7 Å². The van der Waals surface area contributed by atoms with Gasteiger partial charge in [-0.3, -0.25) is 4.79 Å². The average Bonchev–Trinajstić information content (AvgIpc) is 3.23. The minimum atomic E-state index is -0.262. The summed E-state index contributed by atoms with van der Waals surface area (Å²) in [6, 6.07) is 19.0. The Morgan fingerprint density at radius 3 is 2.38 bits per heavy atom. The zero-order chi connectivity index (χ0) is 20.1. The summed E-state index contributed by atoms with van der Waals surface area (Å²) in [6.45, 7) is 1.80. The summed E-state index contributed by atoms with van der Waals surface area (Å²) in [5.41, 5.74) is 1.03. The van der Waals surface area contributed by atoms with Gasteiger partial charge < -0.3 is 15.4 Å². The molecule has 0 unspecified atom stereocenters. The predicted molar refractivity (Wildman–Crippen MR) is 114 cm³/mol. The number of hydrogen-bond acceptors (Lipinski definition) is 5. The van der Waals surface area contributed by atoms with Crippen molar-refractivity contribution >= 4 is 17.4 Å². The molecule has 0 saturated heterocycles. The van der Waals surface area contributed by atoms with E-state index in [0.717, 1.165) is 18.6 Å². The zero-order valence-corrected chi connectivity index (χ0v) is 16.4. The minimum absolute atomic E-state index is 0.262. The van der Waals surface area contributed by atoms with Crippen LogP contribution >= 0.6 is 0 Å². The summed E-state index contributed by atoms with van der Waals surface area (Å²) in [5, 5.41) is 6.31. The van der Waals surface area contributed by atoms with E-state index in [0.29, 0.717) is 34.8 Å². The lowest BCUT2D eigenvalue weighted by Crippen LogP contribution is -2.19. The lowest BCUT2D eigenvalue weighted by Gasteiger charge is -2.14. The molecule has 4 rings (SSSR count). The molecule has 0 bridgehead atoms. The molecule has 6 nitrogen and oxygen atoms in total. The van der Waals surface area contributed by atoms with Crippen molar-refractivity contribution in [3.8, 4) is 11.5 Å². The van der Waals surface area contributed by atoms with Gasteiger partial charge in [-0.15, -0.1) is 0 Å². The number of rotatable bonds is 6. The molecule has 1 saturated carbocycles. The molecular weight excluding hydrogens is 364 g/mol. The second-order valence-electron chi connectivity index (χ2n) is 7.20. The van der Waals surface area contributed by atoms with E-state index in [2.05, 4.69) is 20.6 Å². The number of carbonyl (C=O) groups excluding carboxylic acids is 1. The minimum Gasteiger partial charge on any atom is -0.457 e. The quantitative estimate of drug-likeness (QED) is 0.608. The molecule has 0 atom stereocenters. The summed E-state index contributed by atoms with van der Waals surface area (Å²) in [6.07, 6.45) is 4.75. The standard InChI is InChI=1S/C23H24N4O2/c1-16-24-21(15-22(25-16)26-17-7-5-6-8-17)23(28)27-18-11-13-20(14-12-18)29-19-9-3-2-4-10-19/h2-4,9-15,17H,5-8H2,1H3,(H,27,28)(H,24,25,26). The Balaban J connectivity index is 1.41. The van der Waals surface area contributed by atoms with Crippen molar-refractivity contribution in [3.63, 3.8) is 0 Å². The lowest BCUT2D eigenvalue weighted by molar-refractivity contribution is 0.102. The Bertz CT molecular complexity index is 968. The van der Waals surface area contributed by atoms with Gasteiger partial charge in [0.25, 0.3) is 5.91 Å². The van der Waals surface area contributed by atoms with Crippen LogP contribution in [0.4, 0.5) is 11.5 Å². The first-order chi connectivity index (χ1) is 14.2. The van der Waals surface area contributed by atoms with E-state index < -0.39 is 0 Å². The van der Waals surface area contributed by atoms with E-state index in [1.165, 1.54) is 12.8 Å². The fraction of sp³-hybridized carbons (Fsp3) is 0.261. The van der Waals surface area contributed by atoms with Crippen LogP contribution in [0.1, 0.15) is 42.0 Å². The number of anilines is 2. The monoisotopic (exact) mass is 388 g/mol. The van der Waals surface area contributed by atoms with Crippen LogP contribution in [0.5, 0.6) is 11.5 Å². The molecule has 1 heterocycles. The molecule has 6 heteroatoms. The van der Waals surface area contributed by atoms with Crippen molar-refractivity contribution < 1.29 is 9.53 Å². The Kier molecular flexibility index (Phi) is 5.70. The van der Waals surface area contributed by atoms with Gasteiger partial charge in [0.05, 0.1) is 0 Å². The molecule has 1 aliphatic rings. The Labute approximate surface area is 170 Å². The van der Waals surface area contributed by atoms with Crippen molar-refractivity contribution in [2.24, 2.45) is 0 Å². The largest absolute Gasteiger partial charge is 0.457 e. The number of nitrogens with zero attached hydrogens (tertiary/aromatic N) is 2. The number of hydrogen-bond donors (Lipinski definition) is 2. The molecule has 0 aliphatic heterocycles. The number of aromatic nitrogens is 2. The van der Waals surface area contributed by atoms with Crippen LogP contribution in [0, 0.1) is 6.92 Å². The summed E-state index contributed by atoms with van der Waals surface area (Å²) in [4.78, 5) is 21.4. The molecule has 1 fully saturated rings. The number of aryl methyl sites for hydroxylation is 1. The number of nitrogens with one attached hydrogen (secondary N) is 2. The third-order valence-electron chi connectivity index (χ3n) is 4.87. The second-order valence-corrected chi connectivity index (χ2v) is 7.20. The molecule has 0 radical (unpaired) electrons. The van der Waals surface area contributed by atoms with Crippen molar-refractivity contribution in [2.75, 3.05) is 10.6 Å². The summed E-state index contributed by atoms with van der Waals surface area (Å²) in [7, 11) is 0. The van der Waals surface area contributed by atoms with Crippen molar-refractivity contribution in [3.05, 3.63) is 72.2 Å². The van der Waals surface area contributed by atoms with Gasteiger partial charge in [-0.25, -0.2) is 9.97 Å². The van der Waals surface area contributed by atoms with Gasteiger partial charge in [0, 0.05) is 17.8 Å². The van der Waals surface area contributed by atoms with Crippen molar-refractivity contribution in [1.29, 1.82) is 0 Å². The fourth-order valence-electron chi connectivity index (χ4n) is 3.46. The van der Waals surface area contributed by atoms with Gasteiger partial charge in [0.1, 0.15) is 28.8 Å². The van der Waals surface area contributed by atoms with Crippen LogP contribution in [-0.2, 0) is 0 Å². The Morgan fingerprint density at radius 2 is 1.66 bits per heavy atom. The fourth-order valence-corrected chi connectivity index (χ4v) is 3.46. The van der Waals surface area contributed by atoms with E-state index in [9.17, 15) is 4.79 Å². The third-order valence-corrected chi connectivity index (χ3v) is 4.87. The maximum atomic E-state index is 12.7. The molecule has 1 aromatic heterocycles. The van der Waals surface area contributed by atoms with Crippen LogP contribution in [0.3, 0.4) is 0 Å². The highest BCUT2D eigenvalue weighted by Gasteiger charge is 2.17. The number of ether oxygens (including phenoxy) is 1. The average molecular weight is 388 g/mol. The van der Waals surface area contributed by atoms with Gasteiger partial charge in [0.15, 0.2) is 0 Å². The first-order valence-electron chi connectivity index (χ1n) is 9.92. The van der Waals surface area contributed by atoms with Gasteiger partial charge in [-0.2, -0.15) is 0 Å². The van der Waals surface area contributed by atoms with Crippen LogP contribution in [0.2, 0.25) is 0 Å². The third kappa shape index (κ3) is 5.10. The molecule has 29 heavy (non-hydrogen) atoms. The number of para-hydroxylation sites is 1. The van der Waals surface area contributed by atoms with E-state index in [1.807, 2.05) is 54.6 Å². The summed E-state index contributed by atoms with van der Waals surface area (Å²) in [5.74, 6) is 2.49. The van der Waals surface area contributed by atoms with Crippen molar-refractivity contribution in [1.82, 2.24) is 9.97 Å². The number of benzene rings is 2. The highest BCUT2D eigenvalue weighted by molar-refractivity contribution is 6.03. The van der Waals surface area contributed by atoms with Crippen LogP contribution < -0.4 is 15.4 Å². The molecule has 1 aliphatic carbocycles. The van der Waals surface area contributed by atoms with E-state index in [4.69, 9.17) is 4.74 Å². The summed E-state index contributed by atoms with van der Waals surface area (Å²) >= 11 is 0. The first kappa shape index (κ1) is 18.9. The predicted octanol–water partition coefficient (Wildman–Crippen LogP) is 5.18. The first-order valence-corrected chi connectivity index (χ1v) is 9.92. The lowest BCUT2D eigenvalue weighted by atomic mass is 10.2. The molecule has 2 aromatic carbocycles. The van der Waals surface area contributed by atoms with E-state index >= 15 is 0 Å². The normalized spacial score (nSPS) is 13.8. The highest BCUT2D eigenvalue weighted by Crippen LogP contribution is 2.24. The van der Waals surface area contributed by atoms with Gasteiger partial charge >= 0.3 is 0 Å². The molecule has 1 amide bonds. The molecule has 0 spiro atoms. The highest BCUT2D eigenvalue weighted by atomic mass is 16.5. The second kappa shape index (κ2) is 8.73. The maximum absolute atomic E-state index is 12.7. The van der Waals surface area contributed by atoms with Crippen molar-refractivity contribution in [2.45, 2.75) is 38.6 Å². The van der Waals surface area contributed by atoms with Crippen LogP contribution in [0.25, 0.3) is 0 Å². The molecule has 3 aromatic rings. The Hall–Kier alpha value is -3.41. The van der Waals surface area contributed by atoms with Gasteiger partial charge in [-0.05, 0) is 56.2 Å². The molecule has 2 N–H and O–H groups in total. The number of amides is 1. The van der Waals surface area contributed by atoms with Gasteiger partial charge in [-0.1, -0.05) is 31.0 Å². The van der Waals surface area contributed by atoms with E-state index in [-0.39, 0.29) is 5.91 Å².